The molecule has 0 amide bonds. The van der Waals surface area contributed by atoms with Gasteiger partial charge in [0.05, 0.1) is 25.1 Å². The average Bonchev–Trinajstić information content (AvgIpc) is 2.92. The third-order valence-electron chi connectivity index (χ3n) is 6.48. The molecule has 0 N–H and O–H groups in total. The molecule has 0 aliphatic carbocycles. The molecule has 0 atom stereocenters. The fourth-order valence-corrected chi connectivity index (χ4v) is 4.27. The van der Waals surface area contributed by atoms with E-state index >= 15 is 4.39 Å². The zero-order chi connectivity index (χ0) is 28.4. The van der Waals surface area contributed by atoms with Crippen LogP contribution >= 0.6 is 0 Å². The van der Waals surface area contributed by atoms with Crippen molar-refractivity contribution >= 4 is 16.7 Å². The maximum absolute atomic E-state index is 15.3. The molecule has 0 aliphatic rings. The molecule has 0 saturated heterocycles. The van der Waals surface area contributed by atoms with Crippen molar-refractivity contribution in [3.8, 4) is 17.2 Å². The number of allylic oxidation sites excluding steroid dienone is 2. The minimum atomic E-state index is -0.809. The lowest BCUT2D eigenvalue weighted by Crippen LogP contribution is -2.42. The number of hydrogen-bond donors (Lipinski definition) is 0. The van der Waals surface area contributed by atoms with Gasteiger partial charge in [0.2, 0.25) is 0 Å². The Hall–Kier alpha value is -4.73. The lowest BCUT2D eigenvalue weighted by Gasteiger charge is -2.19. The topological polar surface area (TPSA) is 96.8 Å². The summed E-state index contributed by atoms with van der Waals surface area (Å²) in [5.74, 6) is 0.183. The van der Waals surface area contributed by atoms with Gasteiger partial charge in [-0.2, -0.15) is 0 Å². The molecule has 0 spiro atoms. The minimum Gasteiger partial charge on any atom is -0.497 e. The van der Waals surface area contributed by atoms with Crippen LogP contribution in [0, 0.1) is 12.7 Å². The third-order valence-corrected chi connectivity index (χ3v) is 6.48. The van der Waals surface area contributed by atoms with Crippen LogP contribution in [0.25, 0.3) is 16.7 Å². The van der Waals surface area contributed by atoms with Crippen molar-refractivity contribution in [2.45, 2.75) is 27.3 Å². The Kier molecular flexibility index (Phi) is 7.66. The van der Waals surface area contributed by atoms with Crippen LogP contribution < -0.4 is 26.3 Å². The van der Waals surface area contributed by atoms with Crippen LogP contribution in [-0.2, 0) is 13.6 Å². The molecule has 0 fully saturated rings. The normalized spacial score (nSPS) is 12.2. The van der Waals surface area contributed by atoms with Crippen LogP contribution in [0.2, 0.25) is 0 Å². The minimum absolute atomic E-state index is 0.0616. The molecule has 0 unspecified atom stereocenters. The molecule has 39 heavy (non-hydrogen) atoms. The summed E-state index contributed by atoms with van der Waals surface area (Å²) < 4.78 is 29.7. The van der Waals surface area contributed by atoms with Gasteiger partial charge in [0.15, 0.2) is 0 Å². The summed E-state index contributed by atoms with van der Waals surface area (Å²) in [5, 5.41) is -0.0616. The number of nitrogens with zero attached hydrogens (tertiary/aromatic N) is 4. The maximum Gasteiger partial charge on any atom is 0.337 e. The van der Waals surface area contributed by atoms with E-state index in [2.05, 4.69) is 4.99 Å². The Morgan fingerprint density at radius 1 is 1.08 bits per heavy atom. The maximum atomic E-state index is 15.3. The number of fused-ring (bicyclic) bond motifs is 1. The molecule has 4 aromatic rings. The zero-order valence-corrected chi connectivity index (χ0v) is 22.6. The molecule has 0 radical (unpaired) electrons. The predicted octanol–water partition coefficient (Wildman–Crippen LogP) is 3.73. The lowest BCUT2D eigenvalue weighted by atomic mass is 10.2. The summed E-state index contributed by atoms with van der Waals surface area (Å²) in [6.45, 7) is 5.06. The van der Waals surface area contributed by atoms with Crippen LogP contribution in [0.3, 0.4) is 0 Å². The van der Waals surface area contributed by atoms with E-state index in [9.17, 15) is 14.4 Å². The molecule has 10 heteroatoms. The first-order valence-electron chi connectivity index (χ1n) is 12.2. The third kappa shape index (κ3) is 5.05. The smallest absolute Gasteiger partial charge is 0.337 e. The van der Waals surface area contributed by atoms with Gasteiger partial charge in [0, 0.05) is 20.2 Å². The van der Waals surface area contributed by atoms with Gasteiger partial charge in [-0.25, -0.2) is 13.8 Å². The quantitative estimate of drug-likeness (QED) is 0.267. The highest BCUT2D eigenvalue weighted by atomic mass is 19.1. The number of halogens is 1. The van der Waals surface area contributed by atoms with Crippen LogP contribution in [0.5, 0.6) is 11.5 Å². The fraction of sp³-hybridized carbons (Fsp3) is 0.241. The lowest BCUT2D eigenvalue weighted by molar-refractivity contribution is 0.414. The Morgan fingerprint density at radius 2 is 1.77 bits per heavy atom. The molecule has 4 rings (SSSR count). The number of aryl methyl sites for hydroxylation is 2. The van der Waals surface area contributed by atoms with Gasteiger partial charge in [0.1, 0.15) is 34.1 Å². The van der Waals surface area contributed by atoms with Gasteiger partial charge in [-0.05, 0) is 62.2 Å². The van der Waals surface area contributed by atoms with Crippen molar-refractivity contribution in [3.05, 3.63) is 109 Å². The number of pyridine rings is 1. The molecule has 0 bridgehead atoms. The Morgan fingerprint density at radius 3 is 2.36 bits per heavy atom. The van der Waals surface area contributed by atoms with Gasteiger partial charge < -0.3 is 9.47 Å². The van der Waals surface area contributed by atoms with E-state index in [1.807, 2.05) is 0 Å². The zero-order valence-electron chi connectivity index (χ0n) is 22.6. The number of hydrogen-bond acceptors (Lipinski definition) is 6. The molecule has 202 valence electrons. The number of benzene rings is 2. The van der Waals surface area contributed by atoms with E-state index in [-0.39, 0.29) is 29.0 Å². The second-order valence-electron chi connectivity index (χ2n) is 8.98. The molecular formula is C29H29FN4O5. The molecule has 0 aliphatic heterocycles. The van der Waals surface area contributed by atoms with E-state index in [1.54, 1.807) is 64.2 Å². The fourth-order valence-electron chi connectivity index (χ4n) is 4.27. The van der Waals surface area contributed by atoms with Gasteiger partial charge in [-0.3, -0.25) is 23.7 Å². The summed E-state index contributed by atoms with van der Waals surface area (Å²) in [7, 11) is 4.54. The predicted molar refractivity (Wildman–Crippen MR) is 149 cm³/mol. The number of rotatable bonds is 7. The molecule has 2 aromatic carbocycles. The summed E-state index contributed by atoms with van der Waals surface area (Å²) in [6.07, 6.45) is 1.65. The molecular weight excluding hydrogens is 503 g/mol. The van der Waals surface area contributed by atoms with Gasteiger partial charge in [-0.1, -0.05) is 18.2 Å². The van der Waals surface area contributed by atoms with Crippen molar-refractivity contribution < 1.29 is 13.9 Å². The summed E-state index contributed by atoms with van der Waals surface area (Å²) in [5.41, 5.74) is -0.440. The van der Waals surface area contributed by atoms with E-state index < -0.39 is 22.6 Å². The van der Waals surface area contributed by atoms with Crippen LogP contribution in [0.15, 0.2) is 79.7 Å². The van der Waals surface area contributed by atoms with Gasteiger partial charge in [0.25, 0.3) is 11.1 Å². The van der Waals surface area contributed by atoms with Crippen molar-refractivity contribution in [2.24, 2.45) is 12.0 Å². The van der Waals surface area contributed by atoms with Crippen LogP contribution in [0.4, 0.5) is 4.39 Å². The van der Waals surface area contributed by atoms with Crippen molar-refractivity contribution in [3.63, 3.8) is 0 Å². The van der Waals surface area contributed by atoms with Gasteiger partial charge >= 0.3 is 5.69 Å². The molecule has 2 aromatic heterocycles. The van der Waals surface area contributed by atoms with E-state index in [4.69, 9.17) is 9.47 Å². The highest BCUT2D eigenvalue weighted by molar-refractivity contribution is 5.97. The standard InChI is InChI=1S/C29H29FN4O5/c1-7-23(18(3)31-4)39-24-15-25(35)32(5)27-26(24)28(36)33(16-19-9-11-20(38-6)12-10-19)29(37)34(27)22-13-8-17(2)14-21(22)30/h7-15H,16H2,1-6H3/b23-7+,31-18?. The summed E-state index contributed by atoms with van der Waals surface area (Å²) >= 11 is 0. The number of methoxy groups -OCH3 is 1. The Balaban J connectivity index is 2.14. The van der Waals surface area contributed by atoms with Crippen molar-refractivity contribution in [1.82, 2.24) is 13.7 Å². The Labute approximate surface area is 223 Å². The highest BCUT2D eigenvalue weighted by Gasteiger charge is 2.24. The van der Waals surface area contributed by atoms with Crippen molar-refractivity contribution in [1.29, 1.82) is 0 Å². The number of aliphatic imine (C=N–C) groups is 1. The largest absolute Gasteiger partial charge is 0.497 e. The van der Waals surface area contributed by atoms with Crippen molar-refractivity contribution in [2.75, 3.05) is 14.2 Å². The number of ether oxygens (including phenoxy) is 2. The van der Waals surface area contributed by atoms with E-state index in [1.165, 1.54) is 32.4 Å². The van der Waals surface area contributed by atoms with E-state index in [0.29, 0.717) is 28.3 Å². The van der Waals surface area contributed by atoms with E-state index in [0.717, 1.165) is 13.7 Å². The molecule has 2 heterocycles. The molecule has 9 nitrogen and oxygen atoms in total. The average molecular weight is 533 g/mol. The van der Waals surface area contributed by atoms with Crippen LogP contribution in [0.1, 0.15) is 25.0 Å². The van der Waals surface area contributed by atoms with Gasteiger partial charge in [-0.15, -0.1) is 0 Å². The summed E-state index contributed by atoms with van der Waals surface area (Å²) in [4.78, 5) is 45.1. The second-order valence-corrected chi connectivity index (χ2v) is 8.98. The highest BCUT2D eigenvalue weighted by Crippen LogP contribution is 2.25. The Bertz CT molecular complexity index is 1810. The SMILES string of the molecule is C/C=C(/Oc1cc(=O)n(C)c2c1c(=O)n(Cc1ccc(OC)cc1)c(=O)n2-c1ccc(C)cc1F)C(C)=NC. The molecule has 0 saturated carbocycles. The first-order chi connectivity index (χ1) is 18.6. The monoisotopic (exact) mass is 532 g/mol. The van der Waals surface area contributed by atoms with Crippen LogP contribution in [-0.4, -0.2) is 33.6 Å². The first kappa shape index (κ1) is 27.3. The summed E-state index contributed by atoms with van der Waals surface area (Å²) in [6, 6.07) is 12.4. The second kappa shape index (κ2) is 10.9. The number of aromatic nitrogens is 3. The first-order valence-corrected chi connectivity index (χ1v) is 12.2.